The normalized spacial score (nSPS) is 23.0. The second-order valence-electron chi connectivity index (χ2n) is 4.49. The van der Waals surface area contributed by atoms with Crippen molar-refractivity contribution >= 4 is 15.9 Å². The van der Waals surface area contributed by atoms with Gasteiger partial charge in [-0.2, -0.15) is 0 Å². The van der Waals surface area contributed by atoms with Gasteiger partial charge in [0, 0.05) is 16.6 Å². The largest absolute Gasteiger partial charge is 0.317 e. The summed E-state index contributed by atoms with van der Waals surface area (Å²) in [6, 6.07) is 6.69. The van der Waals surface area contributed by atoms with E-state index >= 15 is 0 Å². The summed E-state index contributed by atoms with van der Waals surface area (Å²) in [7, 11) is 0. The van der Waals surface area contributed by atoms with Crippen molar-refractivity contribution < 1.29 is 0 Å². The van der Waals surface area contributed by atoms with Crippen molar-refractivity contribution in [3.8, 4) is 0 Å². The van der Waals surface area contributed by atoms with E-state index < -0.39 is 0 Å². The van der Waals surface area contributed by atoms with Crippen molar-refractivity contribution in [2.75, 3.05) is 13.1 Å². The monoisotopic (exact) mass is 266 g/mol. The molecule has 0 amide bonds. The quantitative estimate of drug-likeness (QED) is 0.752. The standard InChI is InChI=1S/C12H15BrN2/c13-10-1-2-11-9(7-10)8-15-12(11)3-5-14-6-4-12/h1-2,7,14-15H,3-6,8H2. The van der Waals surface area contributed by atoms with Gasteiger partial charge in [0.15, 0.2) is 0 Å². The Hall–Kier alpha value is -0.380. The van der Waals surface area contributed by atoms with E-state index in [-0.39, 0.29) is 5.54 Å². The van der Waals surface area contributed by atoms with Gasteiger partial charge in [0.2, 0.25) is 0 Å². The predicted molar refractivity (Wildman–Crippen MR) is 64.8 cm³/mol. The highest BCUT2D eigenvalue weighted by Gasteiger charge is 2.38. The molecule has 2 heterocycles. The molecule has 0 saturated carbocycles. The summed E-state index contributed by atoms with van der Waals surface area (Å²) in [6.07, 6.45) is 2.42. The zero-order valence-corrected chi connectivity index (χ0v) is 10.2. The van der Waals surface area contributed by atoms with Gasteiger partial charge in [-0.15, -0.1) is 0 Å². The van der Waals surface area contributed by atoms with Crippen LogP contribution in [0.4, 0.5) is 0 Å². The number of rotatable bonds is 0. The molecule has 1 aromatic rings. The fraction of sp³-hybridized carbons (Fsp3) is 0.500. The zero-order valence-electron chi connectivity index (χ0n) is 8.65. The maximum absolute atomic E-state index is 3.70. The van der Waals surface area contributed by atoms with E-state index in [2.05, 4.69) is 44.8 Å². The van der Waals surface area contributed by atoms with Crippen LogP contribution in [-0.2, 0) is 12.1 Å². The molecule has 1 saturated heterocycles. The van der Waals surface area contributed by atoms with Crippen LogP contribution in [-0.4, -0.2) is 13.1 Å². The molecule has 0 aliphatic carbocycles. The summed E-state index contributed by atoms with van der Waals surface area (Å²) in [5.41, 5.74) is 3.25. The van der Waals surface area contributed by atoms with Crippen LogP contribution in [0.2, 0.25) is 0 Å². The van der Waals surface area contributed by atoms with E-state index in [0.717, 1.165) is 19.6 Å². The van der Waals surface area contributed by atoms with E-state index in [9.17, 15) is 0 Å². The van der Waals surface area contributed by atoms with Crippen LogP contribution in [0.5, 0.6) is 0 Å². The van der Waals surface area contributed by atoms with Crippen LogP contribution in [0.25, 0.3) is 0 Å². The number of halogens is 1. The molecule has 3 rings (SSSR count). The Balaban J connectivity index is 2.03. The molecule has 0 aromatic heterocycles. The van der Waals surface area contributed by atoms with Crippen LogP contribution >= 0.6 is 15.9 Å². The molecule has 1 spiro atoms. The number of hydrogen-bond acceptors (Lipinski definition) is 2. The molecule has 2 aliphatic rings. The number of piperidine rings is 1. The van der Waals surface area contributed by atoms with Crippen LogP contribution in [0.15, 0.2) is 22.7 Å². The minimum absolute atomic E-state index is 0.265. The van der Waals surface area contributed by atoms with E-state index in [0.29, 0.717) is 0 Å². The summed E-state index contributed by atoms with van der Waals surface area (Å²) >= 11 is 3.54. The van der Waals surface area contributed by atoms with Crippen LogP contribution in [0.1, 0.15) is 24.0 Å². The van der Waals surface area contributed by atoms with Crippen molar-refractivity contribution in [2.45, 2.75) is 24.9 Å². The van der Waals surface area contributed by atoms with Crippen molar-refractivity contribution in [3.63, 3.8) is 0 Å². The molecular formula is C12H15BrN2. The molecule has 1 fully saturated rings. The first-order valence-corrected chi connectivity index (χ1v) is 6.34. The molecule has 0 radical (unpaired) electrons. The average Bonchev–Trinajstić information content (AvgIpc) is 2.58. The van der Waals surface area contributed by atoms with E-state index in [1.54, 1.807) is 0 Å². The van der Waals surface area contributed by atoms with Gasteiger partial charge in [-0.1, -0.05) is 22.0 Å². The summed E-state index contributed by atoms with van der Waals surface area (Å²) < 4.78 is 1.19. The molecule has 80 valence electrons. The third kappa shape index (κ3) is 1.53. The van der Waals surface area contributed by atoms with Gasteiger partial charge < -0.3 is 10.6 Å². The molecular weight excluding hydrogens is 252 g/mol. The Morgan fingerprint density at radius 3 is 2.80 bits per heavy atom. The predicted octanol–water partition coefficient (Wildman–Crippen LogP) is 2.13. The van der Waals surface area contributed by atoms with Gasteiger partial charge >= 0.3 is 0 Å². The Morgan fingerprint density at radius 2 is 2.00 bits per heavy atom. The molecule has 0 unspecified atom stereocenters. The van der Waals surface area contributed by atoms with Crippen molar-refractivity contribution in [1.82, 2.24) is 10.6 Å². The highest BCUT2D eigenvalue weighted by molar-refractivity contribution is 9.10. The fourth-order valence-electron chi connectivity index (χ4n) is 2.83. The molecule has 15 heavy (non-hydrogen) atoms. The minimum Gasteiger partial charge on any atom is -0.317 e. The van der Waals surface area contributed by atoms with Gasteiger partial charge in [-0.3, -0.25) is 0 Å². The van der Waals surface area contributed by atoms with Crippen molar-refractivity contribution in [2.24, 2.45) is 0 Å². The average molecular weight is 267 g/mol. The van der Waals surface area contributed by atoms with Crippen molar-refractivity contribution in [3.05, 3.63) is 33.8 Å². The Kier molecular flexibility index (Phi) is 2.34. The zero-order chi connectivity index (χ0) is 10.3. The maximum Gasteiger partial charge on any atom is 0.0464 e. The third-order valence-electron chi connectivity index (χ3n) is 3.66. The van der Waals surface area contributed by atoms with Crippen molar-refractivity contribution in [1.29, 1.82) is 0 Å². The van der Waals surface area contributed by atoms with Crippen LogP contribution in [0.3, 0.4) is 0 Å². The lowest BCUT2D eigenvalue weighted by Crippen LogP contribution is -2.46. The maximum atomic E-state index is 3.70. The number of fused-ring (bicyclic) bond motifs is 2. The molecule has 2 nitrogen and oxygen atoms in total. The first-order chi connectivity index (χ1) is 7.30. The second kappa shape index (κ2) is 3.58. The lowest BCUT2D eigenvalue weighted by Gasteiger charge is -2.35. The number of nitrogens with one attached hydrogen (secondary N) is 2. The summed E-state index contributed by atoms with van der Waals surface area (Å²) in [4.78, 5) is 0. The third-order valence-corrected chi connectivity index (χ3v) is 4.15. The molecule has 2 aliphatic heterocycles. The van der Waals surface area contributed by atoms with E-state index in [1.165, 1.54) is 28.4 Å². The lowest BCUT2D eigenvalue weighted by atomic mass is 9.82. The van der Waals surface area contributed by atoms with E-state index in [4.69, 9.17) is 0 Å². The lowest BCUT2D eigenvalue weighted by molar-refractivity contribution is 0.265. The molecule has 1 aromatic carbocycles. The number of hydrogen-bond donors (Lipinski definition) is 2. The van der Waals surface area contributed by atoms with E-state index in [1.807, 2.05) is 0 Å². The Morgan fingerprint density at radius 1 is 1.20 bits per heavy atom. The van der Waals surface area contributed by atoms with Gasteiger partial charge in [0.1, 0.15) is 0 Å². The molecule has 2 N–H and O–H groups in total. The second-order valence-corrected chi connectivity index (χ2v) is 5.40. The Labute approximate surface area is 98.6 Å². The smallest absolute Gasteiger partial charge is 0.0464 e. The van der Waals surface area contributed by atoms with Crippen LogP contribution in [0, 0.1) is 0 Å². The van der Waals surface area contributed by atoms with Gasteiger partial charge in [-0.25, -0.2) is 0 Å². The summed E-state index contributed by atoms with van der Waals surface area (Å²) in [5.74, 6) is 0. The SMILES string of the molecule is Brc1ccc2c(c1)CNC21CCNCC1. The highest BCUT2D eigenvalue weighted by atomic mass is 79.9. The number of benzene rings is 1. The molecule has 0 atom stereocenters. The van der Waals surface area contributed by atoms with Crippen LogP contribution < -0.4 is 10.6 Å². The topological polar surface area (TPSA) is 24.1 Å². The first kappa shape index (κ1) is 9.82. The first-order valence-electron chi connectivity index (χ1n) is 5.55. The van der Waals surface area contributed by atoms with Gasteiger partial charge in [0.25, 0.3) is 0 Å². The summed E-state index contributed by atoms with van der Waals surface area (Å²) in [5, 5.41) is 7.13. The van der Waals surface area contributed by atoms with Gasteiger partial charge in [0.05, 0.1) is 0 Å². The highest BCUT2D eigenvalue weighted by Crippen LogP contribution is 2.38. The molecule has 0 bridgehead atoms. The Bertz CT molecular complexity index is 383. The fourth-order valence-corrected chi connectivity index (χ4v) is 3.24. The summed E-state index contributed by atoms with van der Waals surface area (Å²) in [6.45, 7) is 3.28. The molecule has 3 heteroatoms. The van der Waals surface area contributed by atoms with Gasteiger partial charge in [-0.05, 0) is 49.2 Å². The minimum atomic E-state index is 0.265.